The van der Waals surface area contributed by atoms with E-state index < -0.39 is 0 Å². The maximum absolute atomic E-state index is 12.1. The van der Waals surface area contributed by atoms with Crippen LogP contribution in [0.15, 0.2) is 66.7 Å². The highest BCUT2D eigenvalue weighted by Gasteiger charge is 2.14. The van der Waals surface area contributed by atoms with Crippen molar-refractivity contribution in [1.29, 1.82) is 0 Å². The molecule has 0 saturated carbocycles. The van der Waals surface area contributed by atoms with E-state index in [1.807, 2.05) is 30.3 Å². The lowest BCUT2D eigenvalue weighted by atomic mass is 10.2. The normalized spacial score (nSPS) is 10.4. The average molecular weight is 283 g/mol. The number of halogens is 1. The van der Waals surface area contributed by atoms with Crippen LogP contribution in [-0.4, -0.2) is 5.97 Å². The summed E-state index contributed by atoms with van der Waals surface area (Å²) < 4.78 is 5.45. The molecule has 2 aliphatic rings. The highest BCUT2D eigenvalue weighted by Crippen LogP contribution is 2.34. The van der Waals surface area contributed by atoms with E-state index in [4.69, 9.17) is 16.3 Å². The summed E-state index contributed by atoms with van der Waals surface area (Å²) in [5.41, 5.74) is 2.37. The van der Waals surface area contributed by atoms with Crippen LogP contribution < -0.4 is 4.74 Å². The van der Waals surface area contributed by atoms with Crippen LogP contribution in [0, 0.1) is 0 Å². The number of hydrogen-bond acceptors (Lipinski definition) is 2. The van der Waals surface area contributed by atoms with E-state index in [1.165, 1.54) is 0 Å². The molecule has 0 atom stereocenters. The maximum atomic E-state index is 12.1. The predicted octanol–water partition coefficient (Wildman–Crippen LogP) is 4.66. The Morgan fingerprint density at radius 1 is 0.850 bits per heavy atom. The number of hydrogen-bond donors (Lipinski definition) is 0. The summed E-state index contributed by atoms with van der Waals surface area (Å²) >= 11 is 5.96. The van der Waals surface area contributed by atoms with Crippen LogP contribution in [0.25, 0.3) is 11.1 Å². The van der Waals surface area contributed by atoms with Gasteiger partial charge < -0.3 is 4.74 Å². The van der Waals surface area contributed by atoms with Crippen molar-refractivity contribution >= 4 is 17.6 Å². The van der Waals surface area contributed by atoms with E-state index in [-0.39, 0.29) is 5.97 Å². The van der Waals surface area contributed by atoms with Gasteiger partial charge in [0.05, 0.1) is 5.56 Å². The number of fused-ring (bicyclic) bond motifs is 1. The molecule has 3 heteroatoms. The first-order valence-electron chi connectivity index (χ1n) is 6.19. The zero-order chi connectivity index (χ0) is 13.9. The molecule has 2 aliphatic carbocycles. The van der Waals surface area contributed by atoms with Crippen molar-refractivity contribution in [2.45, 2.75) is 0 Å². The molecule has 0 spiro atoms. The third-order valence-corrected chi connectivity index (χ3v) is 3.29. The Balaban J connectivity index is 1.91. The number of carbonyl (C=O) groups excluding carboxylic acids is 1. The Labute approximate surface area is 121 Å². The first-order valence-corrected chi connectivity index (χ1v) is 6.57. The molecule has 0 unspecified atom stereocenters. The zero-order valence-electron chi connectivity index (χ0n) is 10.5. The molecule has 3 rings (SSSR count). The lowest BCUT2D eigenvalue weighted by molar-refractivity contribution is 0.0736. The Kier molecular flexibility index (Phi) is 3.40. The summed E-state index contributed by atoms with van der Waals surface area (Å²) in [7, 11) is 0. The first-order chi connectivity index (χ1) is 9.74. The number of ether oxygens (including phenoxy) is 1. The molecule has 20 heavy (non-hydrogen) atoms. The Morgan fingerprint density at radius 2 is 1.55 bits per heavy atom. The Hall–Kier alpha value is -2.32. The third kappa shape index (κ3) is 2.51. The summed E-state index contributed by atoms with van der Waals surface area (Å²) in [6.45, 7) is 0. The van der Waals surface area contributed by atoms with Gasteiger partial charge in [0.25, 0.3) is 0 Å². The largest absolute Gasteiger partial charge is 0.422 e. The fourth-order valence-corrected chi connectivity index (χ4v) is 2.15. The summed E-state index contributed by atoms with van der Waals surface area (Å²) in [6, 6.07) is 20.0. The quantitative estimate of drug-likeness (QED) is 0.639. The molecule has 0 radical (unpaired) electrons. The minimum atomic E-state index is -0.365. The van der Waals surface area contributed by atoms with Gasteiger partial charge in [-0.05, 0) is 42.0 Å². The molecule has 0 heterocycles. The minimum absolute atomic E-state index is 0.365. The monoisotopic (exact) mass is 282 g/mol. The fraction of sp³-hybridized carbons (Fsp3) is 0. The summed E-state index contributed by atoms with van der Waals surface area (Å²) in [5, 5.41) is 0.640. The third-order valence-electron chi connectivity index (χ3n) is 3.03. The smallest absolute Gasteiger partial charge is 0.343 e. The second kappa shape index (κ2) is 5.35. The van der Waals surface area contributed by atoms with Gasteiger partial charge in [-0.2, -0.15) is 0 Å². The van der Waals surface area contributed by atoms with Gasteiger partial charge in [-0.3, -0.25) is 0 Å². The van der Waals surface area contributed by atoms with Gasteiger partial charge in [-0.25, -0.2) is 4.79 Å². The van der Waals surface area contributed by atoms with Crippen LogP contribution in [-0.2, 0) is 0 Å². The molecular formula is C17H11ClO2. The fourth-order valence-electron chi connectivity index (χ4n) is 2.02. The molecule has 0 aliphatic heterocycles. The van der Waals surface area contributed by atoms with Crippen molar-refractivity contribution in [1.82, 2.24) is 0 Å². The molecular weight excluding hydrogens is 272 g/mol. The van der Waals surface area contributed by atoms with E-state index in [9.17, 15) is 4.79 Å². The van der Waals surface area contributed by atoms with E-state index in [0.29, 0.717) is 16.3 Å². The average Bonchev–Trinajstić information content (AvgIpc) is 2.75. The van der Waals surface area contributed by atoms with Gasteiger partial charge in [-0.15, -0.1) is 0 Å². The summed E-state index contributed by atoms with van der Waals surface area (Å²) in [5.74, 6) is 0.178. The Morgan fingerprint density at radius 3 is 2.35 bits per heavy atom. The first kappa shape index (κ1) is 12.7. The maximum Gasteiger partial charge on any atom is 0.343 e. The van der Waals surface area contributed by atoms with Crippen LogP contribution in [0.4, 0.5) is 0 Å². The highest BCUT2D eigenvalue weighted by atomic mass is 35.5. The number of rotatable bonds is 2. The van der Waals surface area contributed by atoms with Crippen molar-refractivity contribution in [3.8, 4) is 16.9 Å². The van der Waals surface area contributed by atoms with E-state index in [2.05, 4.69) is 0 Å². The molecule has 0 N–H and O–H groups in total. The molecule has 0 fully saturated rings. The van der Waals surface area contributed by atoms with Crippen molar-refractivity contribution in [3.05, 3.63) is 77.3 Å². The molecule has 0 aromatic heterocycles. The number of esters is 1. The number of carbonyl (C=O) groups is 1. The lowest BCUT2D eigenvalue weighted by Crippen LogP contribution is -2.07. The summed E-state index contributed by atoms with van der Waals surface area (Å²) in [4.78, 5) is 12.1. The molecule has 0 amide bonds. The second-order valence-electron chi connectivity index (χ2n) is 4.37. The van der Waals surface area contributed by atoms with E-state index in [0.717, 1.165) is 11.1 Å². The van der Waals surface area contributed by atoms with Crippen LogP contribution in [0.3, 0.4) is 0 Å². The molecule has 98 valence electrons. The predicted molar refractivity (Wildman–Crippen MR) is 79.5 cm³/mol. The standard InChI is InChI=1S/C17H11ClO2/c18-14-8-6-12-7-11-16(15(12)10-9-14)20-17(19)13-4-2-1-3-5-13/h1-11H. The van der Waals surface area contributed by atoms with Crippen LogP contribution >= 0.6 is 11.6 Å². The molecule has 2 nitrogen and oxygen atoms in total. The minimum Gasteiger partial charge on any atom is -0.422 e. The molecule has 1 aromatic carbocycles. The van der Waals surface area contributed by atoms with Crippen molar-refractivity contribution in [3.63, 3.8) is 0 Å². The topological polar surface area (TPSA) is 26.3 Å². The zero-order valence-corrected chi connectivity index (χ0v) is 11.3. The second-order valence-corrected chi connectivity index (χ2v) is 4.81. The molecule has 0 saturated heterocycles. The van der Waals surface area contributed by atoms with Crippen LogP contribution in [0.1, 0.15) is 10.4 Å². The Bertz CT molecular complexity index is 722. The molecule has 0 bridgehead atoms. The highest BCUT2D eigenvalue weighted by molar-refractivity contribution is 6.30. The summed E-state index contributed by atoms with van der Waals surface area (Å²) in [6.07, 6.45) is 0. The van der Waals surface area contributed by atoms with Gasteiger partial charge >= 0.3 is 5.97 Å². The van der Waals surface area contributed by atoms with Crippen LogP contribution in [0.5, 0.6) is 5.75 Å². The number of benzene rings is 1. The van der Waals surface area contributed by atoms with E-state index in [1.54, 1.807) is 36.4 Å². The van der Waals surface area contributed by atoms with Crippen molar-refractivity contribution < 1.29 is 9.53 Å². The van der Waals surface area contributed by atoms with E-state index >= 15 is 0 Å². The van der Waals surface area contributed by atoms with Gasteiger partial charge in [0.2, 0.25) is 0 Å². The van der Waals surface area contributed by atoms with Crippen molar-refractivity contribution in [2.75, 3.05) is 0 Å². The van der Waals surface area contributed by atoms with Gasteiger partial charge in [0.15, 0.2) is 0 Å². The van der Waals surface area contributed by atoms with Gasteiger partial charge in [0, 0.05) is 10.6 Å². The van der Waals surface area contributed by atoms with Crippen molar-refractivity contribution in [2.24, 2.45) is 0 Å². The molecule has 1 aromatic rings. The van der Waals surface area contributed by atoms with Gasteiger partial charge in [0.1, 0.15) is 5.75 Å². The van der Waals surface area contributed by atoms with Gasteiger partial charge in [-0.1, -0.05) is 41.9 Å². The lowest BCUT2D eigenvalue weighted by Gasteiger charge is -2.04. The SMILES string of the molecule is O=C(Oc1ccc2ccc(Cl)ccc1-2)c1ccccc1. The van der Waals surface area contributed by atoms with Crippen LogP contribution in [0.2, 0.25) is 5.02 Å².